The van der Waals surface area contributed by atoms with Gasteiger partial charge < -0.3 is 13.7 Å². The third-order valence-electron chi connectivity index (χ3n) is 2.80. The SMILES string of the molecule is CC(C)c1noc(COc2cccc(-c3nnco3)c2)n1. The van der Waals surface area contributed by atoms with Crippen LogP contribution in [0.15, 0.2) is 39.6 Å². The van der Waals surface area contributed by atoms with E-state index >= 15 is 0 Å². The number of rotatable bonds is 5. The molecule has 0 aliphatic rings. The highest BCUT2D eigenvalue weighted by Crippen LogP contribution is 2.22. The average Bonchev–Trinajstić information content (AvgIpc) is 3.17. The van der Waals surface area contributed by atoms with E-state index < -0.39 is 0 Å². The van der Waals surface area contributed by atoms with Crippen molar-refractivity contribution in [2.45, 2.75) is 26.4 Å². The largest absolute Gasteiger partial charge is 0.484 e. The molecule has 0 amide bonds. The molecule has 7 heteroatoms. The van der Waals surface area contributed by atoms with Gasteiger partial charge in [0.05, 0.1) is 0 Å². The van der Waals surface area contributed by atoms with E-state index in [0.717, 1.165) is 5.56 Å². The smallest absolute Gasteiger partial charge is 0.264 e. The van der Waals surface area contributed by atoms with Crippen molar-refractivity contribution >= 4 is 0 Å². The molecule has 0 N–H and O–H groups in total. The van der Waals surface area contributed by atoms with Gasteiger partial charge in [0.2, 0.25) is 12.3 Å². The highest BCUT2D eigenvalue weighted by molar-refractivity contribution is 5.55. The zero-order valence-corrected chi connectivity index (χ0v) is 11.7. The lowest BCUT2D eigenvalue weighted by atomic mass is 10.2. The Morgan fingerprint density at radius 3 is 2.90 bits per heavy atom. The van der Waals surface area contributed by atoms with Gasteiger partial charge in [0, 0.05) is 11.5 Å². The van der Waals surface area contributed by atoms with E-state index in [-0.39, 0.29) is 12.5 Å². The molecular formula is C14H14N4O3. The highest BCUT2D eigenvalue weighted by Gasteiger charge is 2.10. The first-order chi connectivity index (χ1) is 10.2. The Bertz CT molecular complexity index is 707. The van der Waals surface area contributed by atoms with Crippen LogP contribution in [0.4, 0.5) is 0 Å². The molecule has 1 aromatic carbocycles. The number of ether oxygens (including phenoxy) is 1. The number of aromatic nitrogens is 4. The van der Waals surface area contributed by atoms with Crippen LogP contribution in [0.25, 0.3) is 11.5 Å². The maximum absolute atomic E-state index is 5.64. The summed E-state index contributed by atoms with van der Waals surface area (Å²) < 4.78 is 15.9. The second kappa shape index (κ2) is 5.74. The lowest BCUT2D eigenvalue weighted by molar-refractivity contribution is 0.242. The molecule has 21 heavy (non-hydrogen) atoms. The van der Waals surface area contributed by atoms with Crippen molar-refractivity contribution in [3.05, 3.63) is 42.4 Å². The van der Waals surface area contributed by atoms with Crippen LogP contribution < -0.4 is 4.74 Å². The molecule has 0 aliphatic carbocycles. The first kappa shape index (κ1) is 13.3. The summed E-state index contributed by atoms with van der Waals surface area (Å²) in [6.07, 6.45) is 1.29. The van der Waals surface area contributed by atoms with Gasteiger partial charge in [-0.05, 0) is 18.2 Å². The Balaban J connectivity index is 1.69. The van der Waals surface area contributed by atoms with Crippen molar-refractivity contribution in [1.82, 2.24) is 20.3 Å². The number of nitrogens with zero attached hydrogens (tertiary/aromatic N) is 4. The summed E-state index contributed by atoms with van der Waals surface area (Å²) in [5, 5.41) is 11.4. The number of benzene rings is 1. The van der Waals surface area contributed by atoms with Crippen LogP contribution in [0.1, 0.15) is 31.5 Å². The maximum Gasteiger partial charge on any atom is 0.264 e. The van der Waals surface area contributed by atoms with Crippen LogP contribution in [-0.4, -0.2) is 20.3 Å². The van der Waals surface area contributed by atoms with Gasteiger partial charge >= 0.3 is 0 Å². The van der Waals surface area contributed by atoms with Crippen LogP contribution >= 0.6 is 0 Å². The van der Waals surface area contributed by atoms with E-state index in [2.05, 4.69) is 20.3 Å². The van der Waals surface area contributed by atoms with Crippen LogP contribution in [0.2, 0.25) is 0 Å². The fourth-order valence-electron chi connectivity index (χ4n) is 1.72. The van der Waals surface area contributed by atoms with E-state index in [0.29, 0.717) is 23.4 Å². The summed E-state index contributed by atoms with van der Waals surface area (Å²) >= 11 is 0. The molecule has 108 valence electrons. The van der Waals surface area contributed by atoms with Gasteiger partial charge in [-0.2, -0.15) is 4.98 Å². The molecule has 0 unspecified atom stereocenters. The predicted octanol–water partition coefficient (Wildman–Crippen LogP) is 2.82. The molecule has 3 rings (SSSR count). The molecule has 0 atom stereocenters. The molecule has 0 bridgehead atoms. The Morgan fingerprint density at radius 1 is 1.29 bits per heavy atom. The van der Waals surface area contributed by atoms with Crippen LogP contribution in [0, 0.1) is 0 Å². The molecule has 0 fully saturated rings. The van der Waals surface area contributed by atoms with Crippen LogP contribution in [-0.2, 0) is 6.61 Å². The zero-order valence-electron chi connectivity index (χ0n) is 11.7. The minimum Gasteiger partial charge on any atom is -0.484 e. The summed E-state index contributed by atoms with van der Waals surface area (Å²) in [7, 11) is 0. The summed E-state index contributed by atoms with van der Waals surface area (Å²) in [6.45, 7) is 4.22. The molecule has 0 spiro atoms. The number of hydrogen-bond donors (Lipinski definition) is 0. The molecule has 0 radical (unpaired) electrons. The second-order valence-electron chi connectivity index (χ2n) is 4.76. The molecule has 2 aromatic heterocycles. The summed E-state index contributed by atoms with van der Waals surface area (Å²) in [6, 6.07) is 7.36. The lowest BCUT2D eigenvalue weighted by Gasteiger charge is -2.03. The molecular weight excluding hydrogens is 272 g/mol. The van der Waals surface area contributed by atoms with E-state index in [9.17, 15) is 0 Å². The second-order valence-corrected chi connectivity index (χ2v) is 4.76. The Kier molecular flexibility index (Phi) is 3.63. The molecule has 0 aliphatic heterocycles. The molecule has 0 saturated carbocycles. The highest BCUT2D eigenvalue weighted by atomic mass is 16.5. The van der Waals surface area contributed by atoms with E-state index in [1.807, 2.05) is 38.1 Å². The van der Waals surface area contributed by atoms with Gasteiger partial charge in [0.15, 0.2) is 12.4 Å². The quantitative estimate of drug-likeness (QED) is 0.712. The monoisotopic (exact) mass is 286 g/mol. The van der Waals surface area contributed by atoms with Crippen molar-refractivity contribution in [3.8, 4) is 17.2 Å². The predicted molar refractivity (Wildman–Crippen MR) is 72.5 cm³/mol. The van der Waals surface area contributed by atoms with E-state index in [4.69, 9.17) is 13.7 Å². The fraction of sp³-hybridized carbons (Fsp3) is 0.286. The van der Waals surface area contributed by atoms with Crippen molar-refractivity contribution < 1.29 is 13.7 Å². The normalized spacial score (nSPS) is 11.0. The van der Waals surface area contributed by atoms with Crippen LogP contribution in [0.5, 0.6) is 5.75 Å². The van der Waals surface area contributed by atoms with E-state index in [1.54, 1.807) is 0 Å². The third kappa shape index (κ3) is 3.07. The van der Waals surface area contributed by atoms with Gasteiger partial charge in [-0.15, -0.1) is 10.2 Å². The summed E-state index contributed by atoms with van der Waals surface area (Å²) in [4.78, 5) is 4.25. The Labute approximate surface area is 121 Å². The molecule has 2 heterocycles. The Morgan fingerprint density at radius 2 is 2.19 bits per heavy atom. The average molecular weight is 286 g/mol. The van der Waals surface area contributed by atoms with Gasteiger partial charge in [-0.3, -0.25) is 0 Å². The fourth-order valence-corrected chi connectivity index (χ4v) is 1.72. The minimum absolute atomic E-state index is 0.215. The van der Waals surface area contributed by atoms with E-state index in [1.165, 1.54) is 6.39 Å². The lowest BCUT2D eigenvalue weighted by Crippen LogP contribution is -1.97. The van der Waals surface area contributed by atoms with Gasteiger partial charge in [0.1, 0.15) is 5.75 Å². The number of hydrogen-bond acceptors (Lipinski definition) is 7. The van der Waals surface area contributed by atoms with Crippen molar-refractivity contribution in [3.63, 3.8) is 0 Å². The third-order valence-corrected chi connectivity index (χ3v) is 2.80. The molecule has 3 aromatic rings. The first-order valence-electron chi connectivity index (χ1n) is 6.54. The van der Waals surface area contributed by atoms with Crippen LogP contribution in [0.3, 0.4) is 0 Å². The van der Waals surface area contributed by atoms with Gasteiger partial charge in [-0.25, -0.2) is 0 Å². The molecule has 0 saturated heterocycles. The standard InChI is InChI=1S/C14H14N4O3/c1-9(2)13-16-12(21-18-13)7-19-11-5-3-4-10(6-11)14-17-15-8-20-14/h3-6,8-9H,7H2,1-2H3. The maximum atomic E-state index is 5.64. The summed E-state index contributed by atoms with van der Waals surface area (Å²) in [5.74, 6) is 2.45. The Hall–Kier alpha value is -2.70. The molecule has 7 nitrogen and oxygen atoms in total. The van der Waals surface area contributed by atoms with Crippen molar-refractivity contribution in [2.24, 2.45) is 0 Å². The van der Waals surface area contributed by atoms with Crippen molar-refractivity contribution in [1.29, 1.82) is 0 Å². The summed E-state index contributed by atoms with van der Waals surface area (Å²) in [5.41, 5.74) is 0.790. The first-order valence-corrected chi connectivity index (χ1v) is 6.54. The minimum atomic E-state index is 0.215. The van der Waals surface area contributed by atoms with Gasteiger partial charge in [-0.1, -0.05) is 25.1 Å². The van der Waals surface area contributed by atoms with Crippen molar-refractivity contribution in [2.75, 3.05) is 0 Å². The topological polar surface area (TPSA) is 87.1 Å². The zero-order chi connectivity index (χ0) is 14.7. The van der Waals surface area contributed by atoms with Gasteiger partial charge in [0.25, 0.3) is 5.89 Å².